The van der Waals surface area contributed by atoms with Gasteiger partial charge < -0.3 is 5.73 Å². The van der Waals surface area contributed by atoms with Gasteiger partial charge in [0.15, 0.2) is 5.78 Å². The summed E-state index contributed by atoms with van der Waals surface area (Å²) >= 11 is 5.75. The average Bonchev–Trinajstić information content (AvgIpc) is 3.01. The van der Waals surface area contributed by atoms with Gasteiger partial charge in [-0.3, -0.25) is 4.79 Å². The quantitative estimate of drug-likeness (QED) is 0.798. The van der Waals surface area contributed by atoms with E-state index in [1.807, 2.05) is 0 Å². The van der Waals surface area contributed by atoms with Gasteiger partial charge in [0.2, 0.25) is 0 Å². The normalized spacial score (nSPS) is 17.5. The summed E-state index contributed by atoms with van der Waals surface area (Å²) in [6.45, 7) is 0. The van der Waals surface area contributed by atoms with E-state index in [0.717, 1.165) is 0 Å². The Morgan fingerprint density at radius 1 is 1.40 bits per heavy atom. The first-order valence-corrected chi connectivity index (χ1v) is 5.59. The molecule has 2 nitrogen and oxygen atoms in total. The van der Waals surface area contributed by atoms with Crippen molar-refractivity contribution in [2.45, 2.75) is 25.3 Å². The third-order valence-electron chi connectivity index (χ3n) is 2.81. The van der Waals surface area contributed by atoms with Crippen LogP contribution < -0.4 is 5.73 Å². The smallest absolute Gasteiger partial charge is 0.164 e. The third kappa shape index (κ3) is 2.80. The van der Waals surface area contributed by atoms with E-state index in [4.69, 9.17) is 17.3 Å². The molecule has 1 unspecified atom stereocenters. The summed E-state index contributed by atoms with van der Waals surface area (Å²) < 4.78 is 0. The number of benzene rings is 1. The standard InChI is InChI=1S/C12H14ClNO/c13-10-5-3-9(4-6-10)12(15)7-11(14)8-1-2-8/h3-6,8,11H,1-2,7,14H2. The highest BCUT2D eigenvalue weighted by Crippen LogP contribution is 2.33. The van der Waals surface area contributed by atoms with Crippen molar-refractivity contribution in [1.82, 2.24) is 0 Å². The van der Waals surface area contributed by atoms with Gasteiger partial charge in [-0.15, -0.1) is 0 Å². The first-order valence-electron chi connectivity index (χ1n) is 5.21. The molecule has 1 atom stereocenters. The number of ketones is 1. The largest absolute Gasteiger partial charge is 0.327 e. The van der Waals surface area contributed by atoms with E-state index < -0.39 is 0 Å². The fraction of sp³-hybridized carbons (Fsp3) is 0.417. The van der Waals surface area contributed by atoms with Gasteiger partial charge in [0.05, 0.1) is 0 Å². The van der Waals surface area contributed by atoms with Crippen LogP contribution >= 0.6 is 11.6 Å². The third-order valence-corrected chi connectivity index (χ3v) is 3.07. The van der Waals surface area contributed by atoms with Crippen LogP contribution in [0.1, 0.15) is 29.6 Å². The van der Waals surface area contributed by atoms with Gasteiger partial charge in [0, 0.05) is 23.0 Å². The fourth-order valence-electron chi connectivity index (χ4n) is 1.66. The number of hydrogen-bond donors (Lipinski definition) is 1. The highest BCUT2D eigenvalue weighted by atomic mass is 35.5. The first kappa shape index (κ1) is 10.7. The van der Waals surface area contributed by atoms with Crippen molar-refractivity contribution in [2.75, 3.05) is 0 Å². The Morgan fingerprint density at radius 3 is 2.53 bits per heavy atom. The summed E-state index contributed by atoms with van der Waals surface area (Å²) in [4.78, 5) is 11.8. The van der Waals surface area contributed by atoms with Gasteiger partial charge in [0.25, 0.3) is 0 Å². The number of hydrogen-bond acceptors (Lipinski definition) is 2. The number of carbonyl (C=O) groups is 1. The molecule has 1 fully saturated rings. The minimum Gasteiger partial charge on any atom is -0.327 e. The first-order chi connectivity index (χ1) is 7.16. The monoisotopic (exact) mass is 223 g/mol. The molecule has 0 aliphatic heterocycles. The molecule has 0 aromatic heterocycles. The highest BCUT2D eigenvalue weighted by molar-refractivity contribution is 6.30. The van der Waals surface area contributed by atoms with Crippen LogP contribution in [0.15, 0.2) is 24.3 Å². The van der Waals surface area contributed by atoms with Crippen molar-refractivity contribution in [3.05, 3.63) is 34.9 Å². The van der Waals surface area contributed by atoms with Crippen molar-refractivity contribution < 1.29 is 4.79 Å². The summed E-state index contributed by atoms with van der Waals surface area (Å²) in [5.41, 5.74) is 6.60. The zero-order chi connectivity index (χ0) is 10.8. The van der Waals surface area contributed by atoms with Crippen molar-refractivity contribution in [3.8, 4) is 0 Å². The van der Waals surface area contributed by atoms with E-state index >= 15 is 0 Å². The zero-order valence-corrected chi connectivity index (χ0v) is 9.20. The van der Waals surface area contributed by atoms with E-state index in [9.17, 15) is 4.79 Å². The van der Waals surface area contributed by atoms with Crippen LogP contribution in [-0.4, -0.2) is 11.8 Å². The number of carbonyl (C=O) groups excluding carboxylic acids is 1. The molecule has 0 radical (unpaired) electrons. The molecule has 0 amide bonds. The molecule has 3 heteroatoms. The van der Waals surface area contributed by atoms with E-state index in [-0.39, 0.29) is 11.8 Å². The van der Waals surface area contributed by atoms with Crippen LogP contribution in [0.5, 0.6) is 0 Å². The van der Waals surface area contributed by atoms with Crippen LogP contribution in [0.3, 0.4) is 0 Å². The van der Waals surface area contributed by atoms with Crippen molar-refractivity contribution in [1.29, 1.82) is 0 Å². The van der Waals surface area contributed by atoms with Crippen molar-refractivity contribution in [2.24, 2.45) is 11.7 Å². The molecule has 2 N–H and O–H groups in total. The Hall–Kier alpha value is -0.860. The zero-order valence-electron chi connectivity index (χ0n) is 8.45. The van der Waals surface area contributed by atoms with E-state index in [1.54, 1.807) is 24.3 Å². The molecule has 1 aromatic carbocycles. The molecule has 0 saturated heterocycles. The maximum absolute atomic E-state index is 11.8. The summed E-state index contributed by atoms with van der Waals surface area (Å²) in [5.74, 6) is 0.687. The lowest BCUT2D eigenvalue weighted by Crippen LogP contribution is -2.25. The Morgan fingerprint density at radius 2 is 2.00 bits per heavy atom. The Kier molecular flexibility index (Phi) is 3.08. The van der Waals surface area contributed by atoms with Crippen molar-refractivity contribution >= 4 is 17.4 Å². The minimum absolute atomic E-state index is 0.0354. The van der Waals surface area contributed by atoms with Crippen LogP contribution in [0.2, 0.25) is 5.02 Å². The molecule has 2 rings (SSSR count). The van der Waals surface area contributed by atoms with Crippen LogP contribution in [0.4, 0.5) is 0 Å². The second-order valence-corrected chi connectivity index (χ2v) is 4.57. The predicted octanol–water partition coefficient (Wildman–Crippen LogP) is 2.65. The minimum atomic E-state index is 0.0354. The number of nitrogens with two attached hydrogens (primary N) is 1. The lowest BCUT2D eigenvalue weighted by atomic mass is 10.0. The molecule has 0 bridgehead atoms. The second-order valence-electron chi connectivity index (χ2n) is 4.14. The fourth-order valence-corrected chi connectivity index (χ4v) is 1.78. The molecule has 1 aromatic rings. The van der Waals surface area contributed by atoms with Gasteiger partial charge in [-0.2, -0.15) is 0 Å². The topological polar surface area (TPSA) is 43.1 Å². The van der Waals surface area contributed by atoms with Crippen LogP contribution in [-0.2, 0) is 0 Å². The maximum Gasteiger partial charge on any atom is 0.164 e. The SMILES string of the molecule is NC(CC(=O)c1ccc(Cl)cc1)C1CC1. The van der Waals surface area contributed by atoms with Gasteiger partial charge >= 0.3 is 0 Å². The average molecular weight is 224 g/mol. The van der Waals surface area contributed by atoms with Gasteiger partial charge in [-0.05, 0) is 43.0 Å². The Balaban J connectivity index is 1.97. The van der Waals surface area contributed by atoms with Gasteiger partial charge in [-0.1, -0.05) is 11.6 Å². The molecule has 80 valence electrons. The highest BCUT2D eigenvalue weighted by Gasteiger charge is 2.29. The molecular formula is C12H14ClNO. The van der Waals surface area contributed by atoms with Crippen molar-refractivity contribution in [3.63, 3.8) is 0 Å². The number of Topliss-reactive ketones (excluding diaryl/α,β-unsaturated/α-hetero) is 1. The Labute approximate surface area is 94.4 Å². The van der Waals surface area contributed by atoms with E-state index in [0.29, 0.717) is 22.9 Å². The number of halogens is 1. The van der Waals surface area contributed by atoms with Gasteiger partial charge in [0.1, 0.15) is 0 Å². The summed E-state index contributed by atoms with van der Waals surface area (Å²) in [6, 6.07) is 7.01. The predicted molar refractivity (Wildman–Crippen MR) is 61.1 cm³/mol. The molecule has 1 aliphatic rings. The molecule has 1 saturated carbocycles. The maximum atomic E-state index is 11.8. The molecular weight excluding hydrogens is 210 g/mol. The number of rotatable bonds is 4. The van der Waals surface area contributed by atoms with Crippen LogP contribution in [0, 0.1) is 5.92 Å². The van der Waals surface area contributed by atoms with Crippen LogP contribution in [0.25, 0.3) is 0 Å². The molecule has 15 heavy (non-hydrogen) atoms. The lowest BCUT2D eigenvalue weighted by molar-refractivity contribution is 0.0971. The summed E-state index contributed by atoms with van der Waals surface area (Å²) in [5, 5.41) is 0.651. The van der Waals surface area contributed by atoms with Gasteiger partial charge in [-0.25, -0.2) is 0 Å². The second kappa shape index (κ2) is 4.33. The van der Waals surface area contributed by atoms with E-state index in [2.05, 4.69) is 0 Å². The molecule has 0 heterocycles. The lowest BCUT2D eigenvalue weighted by Gasteiger charge is -2.08. The van der Waals surface area contributed by atoms with E-state index in [1.165, 1.54) is 12.8 Å². The summed E-state index contributed by atoms with van der Waals surface area (Å²) in [7, 11) is 0. The Bertz CT molecular complexity index is 356. The molecule has 0 spiro atoms. The summed E-state index contributed by atoms with van der Waals surface area (Å²) in [6.07, 6.45) is 2.80. The molecule has 1 aliphatic carbocycles.